The molecule has 4 rings (SSSR count). The Bertz CT molecular complexity index is 1440. The Balaban J connectivity index is 1.33. The summed E-state index contributed by atoms with van der Waals surface area (Å²) in [6, 6.07) is 23.2. The van der Waals surface area contributed by atoms with Gasteiger partial charge in [0.15, 0.2) is 5.11 Å². The first-order valence-electron chi connectivity index (χ1n) is 10.3. The summed E-state index contributed by atoms with van der Waals surface area (Å²) in [6.45, 7) is 0.294. The van der Waals surface area contributed by atoms with Crippen LogP contribution in [-0.4, -0.2) is 26.0 Å². The Morgan fingerprint density at radius 2 is 1.62 bits per heavy atom. The van der Waals surface area contributed by atoms with Crippen LogP contribution in [0.2, 0.25) is 5.02 Å². The van der Waals surface area contributed by atoms with Crippen LogP contribution in [0.1, 0.15) is 15.2 Å². The van der Waals surface area contributed by atoms with Gasteiger partial charge in [-0.1, -0.05) is 60.1 Å². The molecule has 3 aromatic carbocycles. The molecule has 0 saturated carbocycles. The van der Waals surface area contributed by atoms with Crippen molar-refractivity contribution < 1.29 is 13.2 Å². The van der Waals surface area contributed by atoms with Crippen LogP contribution in [0.5, 0.6) is 0 Å². The van der Waals surface area contributed by atoms with Gasteiger partial charge in [-0.2, -0.15) is 0 Å². The number of benzene rings is 3. The van der Waals surface area contributed by atoms with E-state index >= 15 is 0 Å². The lowest BCUT2D eigenvalue weighted by atomic mass is 10.2. The molecule has 0 saturated heterocycles. The zero-order valence-electron chi connectivity index (χ0n) is 17.7. The molecule has 0 radical (unpaired) electrons. The first kappa shape index (κ1) is 24.3. The summed E-state index contributed by atoms with van der Waals surface area (Å²) in [6.07, 6.45) is 0.595. The minimum Gasteiger partial charge on any atom is -0.332 e. The number of amides is 1. The Kier molecular flexibility index (Phi) is 7.60. The average molecular weight is 530 g/mol. The number of thiophene rings is 1. The van der Waals surface area contributed by atoms with Crippen molar-refractivity contribution in [3.63, 3.8) is 0 Å². The van der Waals surface area contributed by atoms with Gasteiger partial charge < -0.3 is 5.32 Å². The van der Waals surface area contributed by atoms with Gasteiger partial charge in [-0.25, -0.2) is 13.1 Å². The smallest absolute Gasteiger partial charge is 0.269 e. The van der Waals surface area contributed by atoms with Gasteiger partial charge in [0.2, 0.25) is 10.0 Å². The number of halogens is 1. The number of carbonyl (C=O) groups is 1. The second kappa shape index (κ2) is 10.6. The third-order valence-corrected chi connectivity index (χ3v) is 8.29. The number of anilines is 1. The Labute approximate surface area is 212 Å². The molecule has 1 heterocycles. The van der Waals surface area contributed by atoms with Crippen molar-refractivity contribution in [1.29, 1.82) is 0 Å². The molecule has 0 atom stereocenters. The number of carbonyl (C=O) groups excluding carboxylic acids is 1. The molecule has 1 amide bonds. The van der Waals surface area contributed by atoms with Gasteiger partial charge in [-0.05, 0) is 54.5 Å². The SMILES string of the molecule is O=C(NC(=S)Nc1ccc(S(=O)(=O)NCCc2ccccc2)cc1)c1sc2ccccc2c1Cl. The van der Waals surface area contributed by atoms with Crippen LogP contribution in [0.25, 0.3) is 10.1 Å². The summed E-state index contributed by atoms with van der Waals surface area (Å²) in [5, 5.41) is 6.77. The molecule has 0 aliphatic rings. The Hall–Kier alpha value is -2.82. The number of hydrogen-bond acceptors (Lipinski definition) is 5. The largest absolute Gasteiger partial charge is 0.332 e. The molecule has 0 bridgehead atoms. The molecular weight excluding hydrogens is 510 g/mol. The minimum absolute atomic E-state index is 0.0788. The van der Waals surface area contributed by atoms with E-state index in [1.54, 1.807) is 12.1 Å². The first-order valence-corrected chi connectivity index (χ1v) is 13.3. The molecule has 174 valence electrons. The topological polar surface area (TPSA) is 87.3 Å². The van der Waals surface area contributed by atoms with Crippen LogP contribution in [0.3, 0.4) is 0 Å². The fourth-order valence-electron chi connectivity index (χ4n) is 3.26. The second-order valence-electron chi connectivity index (χ2n) is 7.31. The summed E-state index contributed by atoms with van der Waals surface area (Å²) in [7, 11) is -3.64. The fraction of sp³-hybridized carbons (Fsp3) is 0.0833. The molecule has 1 aromatic heterocycles. The maximum Gasteiger partial charge on any atom is 0.269 e. The van der Waals surface area contributed by atoms with Gasteiger partial charge in [0.25, 0.3) is 5.91 Å². The normalized spacial score (nSPS) is 11.3. The molecule has 0 aliphatic carbocycles. The van der Waals surface area contributed by atoms with E-state index in [4.69, 9.17) is 23.8 Å². The zero-order valence-corrected chi connectivity index (χ0v) is 21.0. The summed E-state index contributed by atoms with van der Waals surface area (Å²) in [5.74, 6) is -0.412. The molecular formula is C24H20ClN3O3S3. The van der Waals surface area contributed by atoms with Crippen LogP contribution in [-0.2, 0) is 16.4 Å². The molecule has 6 nitrogen and oxygen atoms in total. The molecule has 0 unspecified atom stereocenters. The summed E-state index contributed by atoms with van der Waals surface area (Å²) < 4.78 is 28.6. The van der Waals surface area contributed by atoms with Gasteiger partial charge in [0, 0.05) is 22.3 Å². The van der Waals surface area contributed by atoms with Gasteiger partial charge in [0.1, 0.15) is 4.88 Å². The molecule has 34 heavy (non-hydrogen) atoms. The highest BCUT2D eigenvalue weighted by molar-refractivity contribution is 7.89. The number of thiocarbonyl (C=S) groups is 1. The summed E-state index contributed by atoms with van der Waals surface area (Å²) in [5.41, 5.74) is 1.59. The van der Waals surface area contributed by atoms with Gasteiger partial charge >= 0.3 is 0 Å². The highest BCUT2D eigenvalue weighted by atomic mass is 35.5. The third-order valence-electron chi connectivity index (χ3n) is 4.94. The van der Waals surface area contributed by atoms with Crippen molar-refractivity contribution in [3.8, 4) is 0 Å². The van der Waals surface area contributed by atoms with Crippen LogP contribution in [0, 0.1) is 0 Å². The standard InChI is InChI=1S/C24H20ClN3O3S3/c25-21-19-8-4-5-9-20(19)33-22(21)23(29)28-24(32)27-17-10-12-18(13-11-17)34(30,31)26-15-14-16-6-2-1-3-7-16/h1-13,26H,14-15H2,(H2,27,28,29,32). The van der Waals surface area contributed by atoms with Crippen molar-refractivity contribution >= 4 is 72.0 Å². The zero-order chi connectivity index (χ0) is 24.1. The predicted octanol–water partition coefficient (Wildman–Crippen LogP) is 5.20. The van der Waals surface area contributed by atoms with E-state index in [9.17, 15) is 13.2 Å². The number of nitrogens with one attached hydrogen (secondary N) is 3. The lowest BCUT2D eigenvalue weighted by molar-refractivity contribution is 0.0982. The average Bonchev–Trinajstić information content (AvgIpc) is 3.17. The fourth-order valence-corrected chi connectivity index (χ4v) is 5.91. The minimum atomic E-state index is -3.64. The molecule has 0 spiro atoms. The van der Waals surface area contributed by atoms with E-state index in [0.29, 0.717) is 28.6 Å². The maximum absolute atomic E-state index is 12.6. The van der Waals surface area contributed by atoms with Crippen molar-refractivity contribution in [2.75, 3.05) is 11.9 Å². The van der Waals surface area contributed by atoms with E-state index in [0.717, 1.165) is 15.6 Å². The Morgan fingerprint density at radius 3 is 2.32 bits per heavy atom. The second-order valence-corrected chi connectivity index (χ2v) is 10.9. The molecule has 4 aromatic rings. The van der Waals surface area contributed by atoms with Gasteiger partial charge in [0.05, 0.1) is 9.92 Å². The molecule has 3 N–H and O–H groups in total. The molecule has 10 heteroatoms. The molecule has 0 aliphatic heterocycles. The highest BCUT2D eigenvalue weighted by Gasteiger charge is 2.18. The van der Waals surface area contributed by atoms with Crippen molar-refractivity contribution in [2.45, 2.75) is 11.3 Å². The van der Waals surface area contributed by atoms with E-state index in [1.165, 1.54) is 23.5 Å². The number of rotatable bonds is 7. The van der Waals surface area contributed by atoms with E-state index < -0.39 is 15.9 Å². The van der Waals surface area contributed by atoms with Crippen molar-refractivity contribution in [3.05, 3.63) is 94.3 Å². The quantitative estimate of drug-likeness (QED) is 0.286. The van der Waals surface area contributed by atoms with Crippen LogP contribution in [0.4, 0.5) is 5.69 Å². The van der Waals surface area contributed by atoms with Crippen LogP contribution < -0.4 is 15.4 Å². The van der Waals surface area contributed by atoms with Crippen LogP contribution in [0.15, 0.2) is 83.8 Å². The Morgan fingerprint density at radius 1 is 0.941 bits per heavy atom. The summed E-state index contributed by atoms with van der Waals surface area (Å²) >= 11 is 12.9. The molecule has 0 fully saturated rings. The predicted molar refractivity (Wildman–Crippen MR) is 142 cm³/mol. The lowest BCUT2D eigenvalue weighted by Gasteiger charge is -2.11. The van der Waals surface area contributed by atoms with E-state index in [1.807, 2.05) is 54.6 Å². The monoisotopic (exact) mass is 529 g/mol. The third kappa shape index (κ3) is 5.81. The summed E-state index contributed by atoms with van der Waals surface area (Å²) in [4.78, 5) is 13.1. The lowest BCUT2D eigenvalue weighted by Crippen LogP contribution is -2.33. The van der Waals surface area contributed by atoms with Crippen molar-refractivity contribution in [2.24, 2.45) is 0 Å². The van der Waals surface area contributed by atoms with Crippen molar-refractivity contribution in [1.82, 2.24) is 10.0 Å². The number of fused-ring (bicyclic) bond motifs is 1. The first-order chi connectivity index (χ1) is 16.3. The highest BCUT2D eigenvalue weighted by Crippen LogP contribution is 2.35. The van der Waals surface area contributed by atoms with Crippen LogP contribution >= 0.6 is 35.2 Å². The van der Waals surface area contributed by atoms with Gasteiger partial charge in [-0.3, -0.25) is 10.1 Å². The number of hydrogen-bond donors (Lipinski definition) is 3. The van der Waals surface area contributed by atoms with E-state index in [2.05, 4.69) is 15.4 Å². The number of sulfonamides is 1. The van der Waals surface area contributed by atoms with Gasteiger partial charge in [-0.15, -0.1) is 11.3 Å². The maximum atomic E-state index is 12.6. The van der Waals surface area contributed by atoms with E-state index in [-0.39, 0.29) is 10.0 Å².